The van der Waals surface area contributed by atoms with Crippen molar-refractivity contribution in [2.45, 2.75) is 45.1 Å². The number of hydrogen-bond acceptors (Lipinski definition) is 4. The van der Waals surface area contributed by atoms with E-state index >= 15 is 0 Å². The number of rotatable bonds is 4. The molecule has 1 aromatic heterocycles. The molecule has 2 unspecified atom stereocenters. The Labute approximate surface area is 113 Å². The van der Waals surface area contributed by atoms with E-state index in [0.29, 0.717) is 17.2 Å². The highest BCUT2D eigenvalue weighted by Gasteiger charge is 2.26. The maximum Gasteiger partial charge on any atom is 0.173 e. The molecule has 1 heterocycles. The third-order valence-corrected chi connectivity index (χ3v) is 3.81. The van der Waals surface area contributed by atoms with E-state index in [4.69, 9.17) is 15.7 Å². The minimum atomic E-state index is 0.0567. The van der Waals surface area contributed by atoms with Crippen LogP contribution in [-0.4, -0.2) is 22.1 Å². The summed E-state index contributed by atoms with van der Waals surface area (Å²) >= 11 is 0. The molecular formula is C14H21N3O2. The molecule has 2 atom stereocenters. The molecule has 19 heavy (non-hydrogen) atoms. The molecular weight excluding hydrogens is 242 g/mol. The minimum absolute atomic E-state index is 0.0567. The molecule has 2 rings (SSSR count). The van der Waals surface area contributed by atoms with Crippen molar-refractivity contribution in [2.24, 2.45) is 16.8 Å². The van der Waals surface area contributed by atoms with Gasteiger partial charge in [0.05, 0.1) is 11.8 Å². The third-order valence-electron chi connectivity index (χ3n) is 3.81. The molecule has 0 spiro atoms. The van der Waals surface area contributed by atoms with E-state index in [1.807, 2.05) is 0 Å². The number of ether oxygens (including phenoxy) is 1. The molecule has 1 saturated carbocycles. The van der Waals surface area contributed by atoms with Gasteiger partial charge < -0.3 is 15.7 Å². The summed E-state index contributed by atoms with van der Waals surface area (Å²) in [6.45, 7) is 2.19. The van der Waals surface area contributed by atoms with Crippen molar-refractivity contribution in [1.29, 1.82) is 0 Å². The lowest BCUT2D eigenvalue weighted by molar-refractivity contribution is 0.0898. The lowest BCUT2D eigenvalue weighted by atomic mass is 9.85. The number of aromatic nitrogens is 1. The Bertz CT molecular complexity index is 448. The van der Waals surface area contributed by atoms with Crippen LogP contribution in [0, 0.1) is 5.92 Å². The monoisotopic (exact) mass is 263 g/mol. The quantitative estimate of drug-likeness (QED) is 0.378. The van der Waals surface area contributed by atoms with Crippen LogP contribution < -0.4 is 10.5 Å². The van der Waals surface area contributed by atoms with Gasteiger partial charge in [-0.3, -0.25) is 4.98 Å². The maximum absolute atomic E-state index is 8.80. The summed E-state index contributed by atoms with van der Waals surface area (Å²) < 4.78 is 6.08. The van der Waals surface area contributed by atoms with E-state index in [0.717, 1.165) is 12.8 Å². The molecule has 5 nitrogen and oxygen atoms in total. The van der Waals surface area contributed by atoms with Crippen LogP contribution in [0.3, 0.4) is 0 Å². The first-order chi connectivity index (χ1) is 9.26. The number of amidine groups is 1. The zero-order valence-electron chi connectivity index (χ0n) is 11.2. The fourth-order valence-corrected chi connectivity index (χ4v) is 2.70. The first kappa shape index (κ1) is 13.6. The van der Waals surface area contributed by atoms with Crippen molar-refractivity contribution < 1.29 is 9.94 Å². The van der Waals surface area contributed by atoms with E-state index in [9.17, 15) is 0 Å². The molecule has 0 aliphatic heterocycles. The minimum Gasteiger partial charge on any atom is -0.488 e. The Hall–Kier alpha value is -1.78. The molecule has 1 aromatic rings. The van der Waals surface area contributed by atoms with E-state index in [2.05, 4.69) is 17.1 Å². The molecule has 0 bridgehead atoms. The second kappa shape index (κ2) is 6.41. The molecule has 0 amide bonds. The van der Waals surface area contributed by atoms with Crippen molar-refractivity contribution in [3.8, 4) is 5.75 Å². The Morgan fingerprint density at radius 1 is 1.53 bits per heavy atom. The summed E-state index contributed by atoms with van der Waals surface area (Å²) in [7, 11) is 0. The topological polar surface area (TPSA) is 80.7 Å². The van der Waals surface area contributed by atoms with Gasteiger partial charge in [0.2, 0.25) is 0 Å². The van der Waals surface area contributed by atoms with Crippen molar-refractivity contribution in [3.05, 3.63) is 24.0 Å². The van der Waals surface area contributed by atoms with Gasteiger partial charge in [0.15, 0.2) is 5.84 Å². The molecule has 0 saturated heterocycles. The van der Waals surface area contributed by atoms with Crippen molar-refractivity contribution in [1.82, 2.24) is 4.98 Å². The van der Waals surface area contributed by atoms with Crippen LogP contribution in [0.25, 0.3) is 0 Å². The van der Waals surface area contributed by atoms with Gasteiger partial charge in [0.1, 0.15) is 11.9 Å². The van der Waals surface area contributed by atoms with Crippen LogP contribution in [0.2, 0.25) is 0 Å². The van der Waals surface area contributed by atoms with Gasteiger partial charge in [-0.2, -0.15) is 0 Å². The SMILES string of the molecule is CCC1CCCCC1Oc1cnccc1/C(N)=N/O. The van der Waals surface area contributed by atoms with Gasteiger partial charge in [-0.1, -0.05) is 18.5 Å². The average molecular weight is 263 g/mol. The zero-order valence-corrected chi connectivity index (χ0v) is 11.2. The number of oxime groups is 1. The van der Waals surface area contributed by atoms with Crippen LogP contribution >= 0.6 is 0 Å². The van der Waals surface area contributed by atoms with Gasteiger partial charge in [-0.05, 0) is 37.7 Å². The largest absolute Gasteiger partial charge is 0.488 e. The lowest BCUT2D eigenvalue weighted by Gasteiger charge is -2.31. The summed E-state index contributed by atoms with van der Waals surface area (Å²) in [5.74, 6) is 1.23. The van der Waals surface area contributed by atoms with E-state index in [1.54, 1.807) is 18.5 Å². The fourth-order valence-electron chi connectivity index (χ4n) is 2.70. The normalized spacial score (nSPS) is 24.2. The van der Waals surface area contributed by atoms with Gasteiger partial charge in [0, 0.05) is 6.20 Å². The zero-order chi connectivity index (χ0) is 13.7. The second-order valence-corrected chi connectivity index (χ2v) is 4.97. The first-order valence-electron chi connectivity index (χ1n) is 6.84. The molecule has 0 radical (unpaired) electrons. The second-order valence-electron chi connectivity index (χ2n) is 4.97. The predicted octanol–water partition coefficient (Wildman–Crippen LogP) is 2.52. The number of nitrogens with zero attached hydrogens (tertiary/aromatic N) is 2. The van der Waals surface area contributed by atoms with Crippen LogP contribution in [0.5, 0.6) is 5.75 Å². The van der Waals surface area contributed by atoms with E-state index in [-0.39, 0.29) is 11.9 Å². The number of pyridine rings is 1. The standard InChI is InChI=1S/C14H21N3O2/c1-2-10-5-3-4-6-12(10)19-13-9-16-8-7-11(13)14(15)17-18/h7-10,12,18H,2-6H2,1H3,(H2,15,17). The van der Waals surface area contributed by atoms with Crippen LogP contribution in [0.15, 0.2) is 23.6 Å². The molecule has 0 aromatic carbocycles. The Balaban J connectivity index is 2.18. The summed E-state index contributed by atoms with van der Waals surface area (Å²) in [6, 6.07) is 1.70. The van der Waals surface area contributed by atoms with Crippen LogP contribution in [0.1, 0.15) is 44.6 Å². The van der Waals surface area contributed by atoms with Gasteiger partial charge >= 0.3 is 0 Å². The summed E-state index contributed by atoms with van der Waals surface area (Å²) in [5, 5.41) is 11.8. The predicted molar refractivity (Wildman–Crippen MR) is 73.4 cm³/mol. The van der Waals surface area contributed by atoms with Gasteiger partial charge in [0.25, 0.3) is 0 Å². The Morgan fingerprint density at radius 3 is 3.05 bits per heavy atom. The van der Waals surface area contributed by atoms with E-state index in [1.165, 1.54) is 19.3 Å². The van der Waals surface area contributed by atoms with E-state index < -0.39 is 0 Å². The first-order valence-corrected chi connectivity index (χ1v) is 6.84. The number of hydrogen-bond donors (Lipinski definition) is 2. The molecule has 3 N–H and O–H groups in total. The molecule has 5 heteroatoms. The smallest absolute Gasteiger partial charge is 0.173 e. The van der Waals surface area contributed by atoms with Crippen LogP contribution in [0.4, 0.5) is 0 Å². The van der Waals surface area contributed by atoms with Crippen molar-refractivity contribution in [2.75, 3.05) is 0 Å². The van der Waals surface area contributed by atoms with Crippen LogP contribution in [-0.2, 0) is 0 Å². The van der Waals surface area contributed by atoms with Gasteiger partial charge in [-0.25, -0.2) is 0 Å². The third kappa shape index (κ3) is 3.16. The van der Waals surface area contributed by atoms with Gasteiger partial charge in [-0.15, -0.1) is 0 Å². The summed E-state index contributed by atoms with van der Waals surface area (Å²) in [6.07, 6.45) is 9.30. The maximum atomic E-state index is 8.80. The highest BCUT2D eigenvalue weighted by molar-refractivity contribution is 5.99. The highest BCUT2D eigenvalue weighted by atomic mass is 16.5. The average Bonchev–Trinajstić information content (AvgIpc) is 2.47. The van der Waals surface area contributed by atoms with Crippen molar-refractivity contribution in [3.63, 3.8) is 0 Å². The molecule has 104 valence electrons. The lowest BCUT2D eigenvalue weighted by Crippen LogP contribution is -2.30. The number of nitrogens with two attached hydrogens (primary N) is 1. The summed E-state index contributed by atoms with van der Waals surface area (Å²) in [4.78, 5) is 4.06. The molecule has 1 aliphatic carbocycles. The van der Waals surface area contributed by atoms with Crippen molar-refractivity contribution >= 4 is 5.84 Å². The highest BCUT2D eigenvalue weighted by Crippen LogP contribution is 2.31. The Morgan fingerprint density at radius 2 is 2.32 bits per heavy atom. The Kier molecular flexibility index (Phi) is 4.60. The fraction of sp³-hybridized carbons (Fsp3) is 0.571. The molecule has 1 fully saturated rings. The molecule has 1 aliphatic rings. The summed E-state index contributed by atoms with van der Waals surface area (Å²) in [5.41, 5.74) is 6.25.